The second kappa shape index (κ2) is 5.27. The van der Waals surface area contributed by atoms with Gasteiger partial charge in [0.1, 0.15) is 11.9 Å². The van der Waals surface area contributed by atoms with Gasteiger partial charge in [0.15, 0.2) is 6.61 Å². The fourth-order valence-corrected chi connectivity index (χ4v) is 1.95. The Hall–Kier alpha value is -2.08. The van der Waals surface area contributed by atoms with Gasteiger partial charge in [-0.05, 0) is 37.1 Å². The summed E-state index contributed by atoms with van der Waals surface area (Å²) < 4.78 is 16.2. The first kappa shape index (κ1) is 12.0. The quantitative estimate of drug-likeness (QED) is 0.848. The molecule has 3 rings (SSSR count). The predicted octanol–water partition coefficient (Wildman–Crippen LogP) is 2.08. The topological polar surface area (TPSA) is 83.4 Å². The van der Waals surface area contributed by atoms with Gasteiger partial charge in [-0.25, -0.2) is 0 Å². The second-order valence-corrected chi connectivity index (χ2v) is 4.41. The molecule has 0 bridgehead atoms. The molecule has 1 aromatic carbocycles. The van der Waals surface area contributed by atoms with Crippen LogP contribution in [0.4, 0.5) is 5.69 Å². The molecule has 1 unspecified atom stereocenters. The number of rotatable bonds is 4. The Labute approximate surface area is 110 Å². The summed E-state index contributed by atoms with van der Waals surface area (Å²) in [5, 5.41) is 3.91. The maximum absolute atomic E-state index is 5.60. The molecule has 1 aliphatic heterocycles. The highest BCUT2D eigenvalue weighted by Crippen LogP contribution is 2.26. The van der Waals surface area contributed by atoms with Gasteiger partial charge in [0, 0.05) is 12.3 Å². The van der Waals surface area contributed by atoms with Crippen molar-refractivity contribution in [3.63, 3.8) is 0 Å². The van der Waals surface area contributed by atoms with E-state index in [0.717, 1.165) is 19.4 Å². The van der Waals surface area contributed by atoms with Crippen molar-refractivity contribution >= 4 is 5.69 Å². The summed E-state index contributed by atoms with van der Waals surface area (Å²) in [6.07, 6.45) is 1.95. The predicted molar refractivity (Wildman–Crippen MR) is 67.4 cm³/mol. The van der Waals surface area contributed by atoms with Crippen molar-refractivity contribution in [3.05, 3.63) is 36.0 Å². The Morgan fingerprint density at radius 2 is 2.16 bits per heavy atom. The molecule has 1 aromatic heterocycles. The fourth-order valence-electron chi connectivity index (χ4n) is 1.95. The third kappa shape index (κ3) is 2.85. The SMILES string of the molecule is Nc1ccc(OCc2nc(C3CCCO3)no2)cc1. The normalized spacial score (nSPS) is 18.6. The molecule has 0 amide bonds. The molecule has 0 saturated carbocycles. The molecule has 2 heterocycles. The van der Waals surface area contributed by atoms with Gasteiger partial charge >= 0.3 is 0 Å². The summed E-state index contributed by atoms with van der Waals surface area (Å²) in [4.78, 5) is 4.27. The van der Waals surface area contributed by atoms with Crippen molar-refractivity contribution < 1.29 is 14.0 Å². The smallest absolute Gasteiger partial charge is 0.264 e. The number of benzene rings is 1. The molecule has 2 aromatic rings. The van der Waals surface area contributed by atoms with Crippen LogP contribution in [0.3, 0.4) is 0 Å². The molecular weight excluding hydrogens is 246 g/mol. The van der Waals surface area contributed by atoms with E-state index in [9.17, 15) is 0 Å². The van der Waals surface area contributed by atoms with Gasteiger partial charge in [0.05, 0.1) is 0 Å². The number of nitrogens with two attached hydrogens (primary N) is 1. The van der Waals surface area contributed by atoms with Crippen molar-refractivity contribution in [3.8, 4) is 5.75 Å². The molecule has 1 aliphatic rings. The highest BCUT2D eigenvalue weighted by Gasteiger charge is 2.23. The van der Waals surface area contributed by atoms with E-state index in [2.05, 4.69) is 10.1 Å². The van der Waals surface area contributed by atoms with Crippen molar-refractivity contribution in [1.82, 2.24) is 10.1 Å². The van der Waals surface area contributed by atoms with Gasteiger partial charge in [0.2, 0.25) is 5.82 Å². The van der Waals surface area contributed by atoms with Crippen molar-refractivity contribution in [1.29, 1.82) is 0 Å². The summed E-state index contributed by atoms with van der Waals surface area (Å²) in [5.74, 6) is 1.77. The van der Waals surface area contributed by atoms with Crippen LogP contribution in [0.25, 0.3) is 0 Å². The summed E-state index contributed by atoms with van der Waals surface area (Å²) in [6.45, 7) is 1.00. The van der Waals surface area contributed by atoms with Crippen LogP contribution in [0, 0.1) is 0 Å². The minimum absolute atomic E-state index is 0.0333. The minimum Gasteiger partial charge on any atom is -0.484 e. The Balaban J connectivity index is 1.59. The first-order valence-corrected chi connectivity index (χ1v) is 6.24. The Bertz CT molecular complexity index is 532. The summed E-state index contributed by atoms with van der Waals surface area (Å²) >= 11 is 0. The lowest BCUT2D eigenvalue weighted by atomic mass is 10.2. The minimum atomic E-state index is -0.0333. The number of hydrogen-bond donors (Lipinski definition) is 1. The lowest BCUT2D eigenvalue weighted by Crippen LogP contribution is -2.00. The van der Waals surface area contributed by atoms with Crippen LogP contribution in [-0.2, 0) is 11.3 Å². The Kier molecular flexibility index (Phi) is 3.33. The van der Waals surface area contributed by atoms with E-state index in [0.29, 0.717) is 23.2 Å². The highest BCUT2D eigenvalue weighted by atomic mass is 16.5. The average molecular weight is 261 g/mol. The van der Waals surface area contributed by atoms with Crippen LogP contribution in [0.5, 0.6) is 5.75 Å². The largest absolute Gasteiger partial charge is 0.484 e. The molecule has 1 saturated heterocycles. The number of anilines is 1. The van der Waals surface area contributed by atoms with E-state index in [4.69, 9.17) is 19.7 Å². The van der Waals surface area contributed by atoms with E-state index < -0.39 is 0 Å². The number of aromatic nitrogens is 2. The van der Waals surface area contributed by atoms with E-state index in [1.165, 1.54) is 0 Å². The van der Waals surface area contributed by atoms with Crippen LogP contribution in [0.15, 0.2) is 28.8 Å². The molecule has 2 N–H and O–H groups in total. The lowest BCUT2D eigenvalue weighted by molar-refractivity contribution is 0.103. The molecular formula is C13H15N3O3. The fraction of sp³-hybridized carbons (Fsp3) is 0.385. The average Bonchev–Trinajstić information content (AvgIpc) is 3.09. The third-order valence-electron chi connectivity index (χ3n) is 2.94. The first-order valence-electron chi connectivity index (χ1n) is 6.24. The molecule has 0 radical (unpaired) electrons. The Morgan fingerprint density at radius 1 is 1.32 bits per heavy atom. The first-order chi connectivity index (χ1) is 9.31. The van der Waals surface area contributed by atoms with E-state index >= 15 is 0 Å². The van der Waals surface area contributed by atoms with Crippen LogP contribution >= 0.6 is 0 Å². The third-order valence-corrected chi connectivity index (χ3v) is 2.94. The van der Waals surface area contributed by atoms with E-state index in [-0.39, 0.29) is 12.7 Å². The summed E-state index contributed by atoms with van der Waals surface area (Å²) in [6, 6.07) is 7.15. The molecule has 1 atom stereocenters. The second-order valence-electron chi connectivity index (χ2n) is 4.41. The number of nitrogens with zero attached hydrogens (tertiary/aromatic N) is 2. The van der Waals surface area contributed by atoms with Crippen LogP contribution in [-0.4, -0.2) is 16.7 Å². The van der Waals surface area contributed by atoms with Crippen molar-refractivity contribution in [2.45, 2.75) is 25.6 Å². The standard InChI is InChI=1S/C13H15N3O3/c14-9-3-5-10(6-4-9)18-8-12-15-13(16-19-12)11-2-1-7-17-11/h3-6,11H,1-2,7-8,14H2. The Morgan fingerprint density at radius 3 is 2.89 bits per heavy atom. The summed E-state index contributed by atoms with van der Waals surface area (Å²) in [7, 11) is 0. The summed E-state index contributed by atoms with van der Waals surface area (Å²) in [5.41, 5.74) is 6.30. The highest BCUT2D eigenvalue weighted by molar-refractivity contribution is 5.41. The molecule has 1 fully saturated rings. The van der Waals surface area contributed by atoms with Gasteiger partial charge in [0.25, 0.3) is 5.89 Å². The number of nitrogen functional groups attached to an aromatic ring is 1. The van der Waals surface area contributed by atoms with Gasteiger partial charge in [-0.15, -0.1) is 0 Å². The van der Waals surface area contributed by atoms with Gasteiger partial charge in [-0.3, -0.25) is 0 Å². The number of hydrogen-bond acceptors (Lipinski definition) is 6. The maximum Gasteiger partial charge on any atom is 0.264 e. The molecule has 0 aliphatic carbocycles. The molecule has 0 spiro atoms. The lowest BCUT2D eigenvalue weighted by Gasteiger charge is -2.03. The van der Waals surface area contributed by atoms with Crippen LogP contribution in [0.1, 0.15) is 30.7 Å². The molecule has 6 heteroatoms. The van der Waals surface area contributed by atoms with E-state index in [1.54, 1.807) is 24.3 Å². The zero-order chi connectivity index (χ0) is 13.1. The zero-order valence-electron chi connectivity index (χ0n) is 10.4. The van der Waals surface area contributed by atoms with Gasteiger partial charge < -0.3 is 19.7 Å². The van der Waals surface area contributed by atoms with E-state index in [1.807, 2.05) is 0 Å². The van der Waals surface area contributed by atoms with Gasteiger partial charge in [-0.2, -0.15) is 4.98 Å². The maximum atomic E-state index is 5.60. The van der Waals surface area contributed by atoms with Crippen LogP contribution in [0.2, 0.25) is 0 Å². The van der Waals surface area contributed by atoms with Crippen molar-refractivity contribution in [2.75, 3.05) is 12.3 Å². The zero-order valence-corrected chi connectivity index (χ0v) is 10.4. The van der Waals surface area contributed by atoms with Crippen molar-refractivity contribution in [2.24, 2.45) is 0 Å². The molecule has 6 nitrogen and oxygen atoms in total. The van der Waals surface area contributed by atoms with Crippen LogP contribution < -0.4 is 10.5 Å². The molecule has 100 valence electrons. The molecule has 19 heavy (non-hydrogen) atoms. The van der Waals surface area contributed by atoms with Gasteiger partial charge in [-0.1, -0.05) is 5.16 Å². The number of ether oxygens (including phenoxy) is 2. The monoisotopic (exact) mass is 261 g/mol.